The summed E-state index contributed by atoms with van der Waals surface area (Å²) in [5.41, 5.74) is 1.11. The fraction of sp³-hybridized carbons (Fsp3) is 0.417. The van der Waals surface area contributed by atoms with Gasteiger partial charge in [-0.1, -0.05) is 15.9 Å². The SMILES string of the molecule is CCOC(=O)CSCc1cc(OC)ccc1Br. The standard InChI is InChI=1S/C12H15BrO3S/c1-3-16-12(14)8-17-7-9-6-10(15-2)4-5-11(9)13/h4-6H,3,7-8H2,1-2H3. The van der Waals surface area contributed by atoms with Gasteiger partial charge in [-0.15, -0.1) is 11.8 Å². The first kappa shape index (κ1) is 14.4. The smallest absolute Gasteiger partial charge is 0.315 e. The van der Waals surface area contributed by atoms with Crippen LogP contribution in [0.25, 0.3) is 0 Å². The zero-order valence-electron chi connectivity index (χ0n) is 9.86. The lowest BCUT2D eigenvalue weighted by Crippen LogP contribution is -2.06. The van der Waals surface area contributed by atoms with Gasteiger partial charge in [0.1, 0.15) is 5.75 Å². The molecule has 0 bridgehead atoms. The Hall–Kier alpha value is -0.680. The van der Waals surface area contributed by atoms with E-state index in [1.807, 2.05) is 18.2 Å². The summed E-state index contributed by atoms with van der Waals surface area (Å²) in [7, 11) is 1.64. The number of carbonyl (C=O) groups is 1. The van der Waals surface area contributed by atoms with Crippen LogP contribution in [0.2, 0.25) is 0 Å². The first-order valence-corrected chi connectivity index (χ1v) is 7.18. The first-order chi connectivity index (χ1) is 8.17. The molecule has 17 heavy (non-hydrogen) atoms. The maximum absolute atomic E-state index is 11.2. The van der Waals surface area contributed by atoms with E-state index >= 15 is 0 Å². The molecule has 0 aromatic heterocycles. The van der Waals surface area contributed by atoms with Crippen molar-refractivity contribution in [2.45, 2.75) is 12.7 Å². The van der Waals surface area contributed by atoms with Crippen LogP contribution in [0, 0.1) is 0 Å². The minimum absolute atomic E-state index is 0.170. The summed E-state index contributed by atoms with van der Waals surface area (Å²) < 4.78 is 11.0. The van der Waals surface area contributed by atoms with E-state index in [-0.39, 0.29) is 5.97 Å². The predicted molar refractivity (Wildman–Crippen MR) is 73.5 cm³/mol. The zero-order chi connectivity index (χ0) is 12.7. The Morgan fingerprint density at radius 3 is 2.88 bits per heavy atom. The van der Waals surface area contributed by atoms with Crippen molar-refractivity contribution in [2.24, 2.45) is 0 Å². The van der Waals surface area contributed by atoms with Crippen LogP contribution in [0.15, 0.2) is 22.7 Å². The van der Waals surface area contributed by atoms with Crippen molar-refractivity contribution < 1.29 is 14.3 Å². The monoisotopic (exact) mass is 318 g/mol. The summed E-state index contributed by atoms with van der Waals surface area (Å²) >= 11 is 5.00. The van der Waals surface area contributed by atoms with Crippen molar-refractivity contribution in [1.82, 2.24) is 0 Å². The second-order valence-electron chi connectivity index (χ2n) is 3.26. The second-order valence-corrected chi connectivity index (χ2v) is 5.10. The van der Waals surface area contributed by atoms with Crippen LogP contribution < -0.4 is 4.74 Å². The van der Waals surface area contributed by atoms with Crippen molar-refractivity contribution in [1.29, 1.82) is 0 Å². The first-order valence-electron chi connectivity index (χ1n) is 5.23. The fourth-order valence-electron chi connectivity index (χ4n) is 1.24. The second kappa shape index (κ2) is 7.61. The van der Waals surface area contributed by atoms with E-state index in [1.54, 1.807) is 14.0 Å². The summed E-state index contributed by atoms with van der Waals surface area (Å²) in [6.45, 7) is 2.24. The molecule has 1 aromatic carbocycles. The minimum Gasteiger partial charge on any atom is -0.497 e. The number of esters is 1. The molecular weight excluding hydrogens is 304 g/mol. The molecule has 1 rings (SSSR count). The molecule has 1 aromatic rings. The van der Waals surface area contributed by atoms with E-state index in [2.05, 4.69) is 15.9 Å². The number of hydrogen-bond acceptors (Lipinski definition) is 4. The molecule has 0 atom stereocenters. The zero-order valence-corrected chi connectivity index (χ0v) is 12.3. The van der Waals surface area contributed by atoms with Gasteiger partial charge in [0.25, 0.3) is 0 Å². The lowest BCUT2D eigenvalue weighted by molar-refractivity contribution is -0.139. The highest BCUT2D eigenvalue weighted by Gasteiger charge is 2.05. The molecule has 0 aliphatic rings. The quantitative estimate of drug-likeness (QED) is 0.754. The van der Waals surface area contributed by atoms with Crippen LogP contribution in [0.1, 0.15) is 12.5 Å². The Kier molecular flexibility index (Phi) is 6.44. The third kappa shape index (κ3) is 5.00. The fourth-order valence-corrected chi connectivity index (χ4v) is 2.62. The van der Waals surface area contributed by atoms with Gasteiger partial charge in [-0.25, -0.2) is 0 Å². The Balaban J connectivity index is 2.48. The highest BCUT2D eigenvalue weighted by Crippen LogP contribution is 2.26. The molecule has 3 nitrogen and oxygen atoms in total. The van der Waals surface area contributed by atoms with Gasteiger partial charge < -0.3 is 9.47 Å². The number of methoxy groups -OCH3 is 1. The van der Waals surface area contributed by atoms with E-state index in [9.17, 15) is 4.79 Å². The maximum atomic E-state index is 11.2. The van der Waals surface area contributed by atoms with Gasteiger partial charge in [-0.2, -0.15) is 0 Å². The Morgan fingerprint density at radius 2 is 2.24 bits per heavy atom. The van der Waals surface area contributed by atoms with Crippen molar-refractivity contribution in [2.75, 3.05) is 19.5 Å². The summed E-state index contributed by atoms with van der Waals surface area (Å²) in [5, 5.41) is 0. The van der Waals surface area contributed by atoms with Gasteiger partial charge in [0.15, 0.2) is 0 Å². The van der Waals surface area contributed by atoms with Gasteiger partial charge in [0.2, 0.25) is 0 Å². The summed E-state index contributed by atoms with van der Waals surface area (Å²) in [4.78, 5) is 11.2. The van der Waals surface area contributed by atoms with Crippen LogP contribution in [-0.2, 0) is 15.3 Å². The molecule has 0 unspecified atom stereocenters. The molecule has 0 saturated heterocycles. The topological polar surface area (TPSA) is 35.5 Å². The summed E-state index contributed by atoms with van der Waals surface area (Å²) in [6, 6.07) is 5.80. The van der Waals surface area contributed by atoms with Crippen molar-refractivity contribution in [3.8, 4) is 5.75 Å². The number of benzene rings is 1. The minimum atomic E-state index is -0.170. The molecule has 0 spiro atoms. The van der Waals surface area contributed by atoms with Crippen molar-refractivity contribution in [3.05, 3.63) is 28.2 Å². The Morgan fingerprint density at radius 1 is 1.47 bits per heavy atom. The van der Waals surface area contributed by atoms with Crippen LogP contribution in [0.3, 0.4) is 0 Å². The number of hydrogen-bond donors (Lipinski definition) is 0. The lowest BCUT2D eigenvalue weighted by atomic mass is 10.2. The molecule has 0 saturated carbocycles. The molecule has 0 aliphatic heterocycles. The number of ether oxygens (including phenoxy) is 2. The number of carbonyl (C=O) groups excluding carboxylic acids is 1. The van der Waals surface area contributed by atoms with Gasteiger partial charge in [-0.3, -0.25) is 4.79 Å². The molecule has 0 amide bonds. The number of halogens is 1. The summed E-state index contributed by atoms with van der Waals surface area (Å²) in [5.74, 6) is 1.77. The van der Waals surface area contributed by atoms with E-state index in [0.717, 1.165) is 21.5 Å². The van der Waals surface area contributed by atoms with E-state index < -0.39 is 0 Å². The van der Waals surface area contributed by atoms with Crippen LogP contribution in [0.4, 0.5) is 0 Å². The average Bonchev–Trinajstić information content (AvgIpc) is 2.32. The third-order valence-corrected chi connectivity index (χ3v) is 3.76. The molecule has 0 radical (unpaired) electrons. The number of rotatable bonds is 6. The van der Waals surface area contributed by atoms with Crippen LogP contribution in [0.5, 0.6) is 5.75 Å². The third-order valence-electron chi connectivity index (χ3n) is 2.04. The molecule has 0 aliphatic carbocycles. The van der Waals surface area contributed by atoms with E-state index in [1.165, 1.54) is 11.8 Å². The van der Waals surface area contributed by atoms with Crippen LogP contribution in [-0.4, -0.2) is 25.4 Å². The number of thioether (sulfide) groups is 1. The highest BCUT2D eigenvalue weighted by molar-refractivity contribution is 9.10. The largest absolute Gasteiger partial charge is 0.497 e. The Labute approximate surface area is 114 Å². The van der Waals surface area contributed by atoms with Gasteiger partial charge in [0, 0.05) is 10.2 Å². The van der Waals surface area contributed by atoms with Crippen molar-refractivity contribution in [3.63, 3.8) is 0 Å². The molecule has 0 fully saturated rings. The molecule has 0 heterocycles. The molecule has 94 valence electrons. The van der Waals surface area contributed by atoms with Crippen molar-refractivity contribution >= 4 is 33.7 Å². The predicted octanol–water partition coefficient (Wildman–Crippen LogP) is 3.25. The Bertz CT molecular complexity index is 382. The van der Waals surface area contributed by atoms with Gasteiger partial charge in [0.05, 0.1) is 19.5 Å². The van der Waals surface area contributed by atoms with E-state index in [4.69, 9.17) is 9.47 Å². The average molecular weight is 319 g/mol. The maximum Gasteiger partial charge on any atom is 0.315 e. The normalized spacial score (nSPS) is 10.1. The molecule has 0 N–H and O–H groups in total. The van der Waals surface area contributed by atoms with Crippen LogP contribution >= 0.6 is 27.7 Å². The van der Waals surface area contributed by atoms with E-state index in [0.29, 0.717) is 12.4 Å². The molecular formula is C12H15BrO3S. The van der Waals surface area contributed by atoms with Gasteiger partial charge >= 0.3 is 5.97 Å². The van der Waals surface area contributed by atoms with Gasteiger partial charge in [-0.05, 0) is 30.7 Å². The summed E-state index contributed by atoms with van der Waals surface area (Å²) in [6.07, 6.45) is 0. The lowest BCUT2D eigenvalue weighted by Gasteiger charge is -2.07. The molecule has 5 heteroatoms. The highest BCUT2D eigenvalue weighted by atomic mass is 79.9.